The topological polar surface area (TPSA) is 79.5 Å². The van der Waals surface area contributed by atoms with Crippen molar-refractivity contribution in [1.29, 1.82) is 0 Å². The minimum Gasteiger partial charge on any atom is -0.422 e. The fraction of sp³-hybridized carbons (Fsp3) is 0.176. The van der Waals surface area contributed by atoms with Crippen molar-refractivity contribution in [2.75, 3.05) is 0 Å². The molecule has 8 heteroatoms. The van der Waals surface area contributed by atoms with Crippen molar-refractivity contribution >= 4 is 45.2 Å². The van der Waals surface area contributed by atoms with Gasteiger partial charge in [0.15, 0.2) is 0 Å². The first-order valence-corrected chi connectivity index (χ1v) is 9.56. The minimum atomic E-state index is -4.00. The summed E-state index contributed by atoms with van der Waals surface area (Å²) in [5, 5.41) is 20.2. The summed E-state index contributed by atoms with van der Waals surface area (Å²) in [6.07, 6.45) is 0. The maximum atomic E-state index is 13.1. The molecule has 0 aliphatic heterocycles. The third kappa shape index (κ3) is 3.20. The molecule has 0 amide bonds. The molecule has 0 spiro atoms. The monoisotopic (exact) mass is 377 g/mol. The Labute approximate surface area is 151 Å². The molecule has 0 atom stereocenters. The van der Waals surface area contributed by atoms with Crippen LogP contribution in [0.25, 0.3) is 10.9 Å². The van der Waals surface area contributed by atoms with Crippen LogP contribution in [0.1, 0.15) is 25.3 Å². The third-order valence-electron chi connectivity index (χ3n) is 4.10. The molecule has 0 fully saturated rings. The molecule has 0 aliphatic rings. The second kappa shape index (κ2) is 6.50. The van der Waals surface area contributed by atoms with Gasteiger partial charge in [-0.1, -0.05) is 37.6 Å². The second-order valence-electron chi connectivity index (χ2n) is 6.14. The van der Waals surface area contributed by atoms with Crippen molar-refractivity contribution < 1.29 is 18.5 Å². The lowest BCUT2D eigenvalue weighted by Crippen LogP contribution is -2.38. The summed E-state index contributed by atoms with van der Waals surface area (Å²) in [7, 11) is -5.93. The van der Waals surface area contributed by atoms with E-state index in [-0.39, 0.29) is 16.4 Å². The zero-order valence-electron chi connectivity index (χ0n) is 13.7. The summed E-state index contributed by atoms with van der Waals surface area (Å²) >= 11 is 5.95. The Morgan fingerprint density at radius 1 is 1.04 bits per heavy atom. The Morgan fingerprint density at radius 2 is 1.68 bits per heavy atom. The standard InChI is InChI=1S/C17H17BClNO4S/c1-11(2)12-3-6-15(7-4-12)25(23,24)20-16-8-5-14(19)9-13(16)10-17(20)18(21)22/h3-11,21-22H,1-2H3. The highest BCUT2D eigenvalue weighted by molar-refractivity contribution is 7.90. The SMILES string of the molecule is CC(C)c1ccc(S(=O)(=O)n2c(B(O)O)cc3cc(Cl)ccc32)cc1. The number of fused-ring (bicyclic) bond motifs is 1. The molecule has 0 radical (unpaired) electrons. The van der Waals surface area contributed by atoms with Crippen LogP contribution in [-0.2, 0) is 10.0 Å². The van der Waals surface area contributed by atoms with Crippen molar-refractivity contribution in [1.82, 2.24) is 3.97 Å². The molecule has 2 N–H and O–H groups in total. The van der Waals surface area contributed by atoms with Crippen LogP contribution in [0.5, 0.6) is 0 Å². The van der Waals surface area contributed by atoms with E-state index in [0.29, 0.717) is 15.9 Å². The highest BCUT2D eigenvalue weighted by Crippen LogP contribution is 2.25. The van der Waals surface area contributed by atoms with E-state index in [4.69, 9.17) is 11.6 Å². The molecule has 3 aromatic rings. The van der Waals surface area contributed by atoms with Crippen LogP contribution in [0.4, 0.5) is 0 Å². The highest BCUT2D eigenvalue weighted by atomic mass is 35.5. The van der Waals surface area contributed by atoms with Crippen LogP contribution in [0, 0.1) is 0 Å². The fourth-order valence-electron chi connectivity index (χ4n) is 2.76. The van der Waals surface area contributed by atoms with Gasteiger partial charge < -0.3 is 10.0 Å². The smallest absolute Gasteiger partial charge is 0.422 e. The number of hydrogen-bond acceptors (Lipinski definition) is 4. The van der Waals surface area contributed by atoms with Crippen LogP contribution in [0.15, 0.2) is 53.4 Å². The second-order valence-corrected chi connectivity index (χ2v) is 8.36. The number of halogens is 1. The molecule has 0 unspecified atom stereocenters. The average Bonchev–Trinajstić information content (AvgIpc) is 2.94. The van der Waals surface area contributed by atoms with E-state index in [1.165, 1.54) is 18.2 Å². The summed E-state index contributed by atoms with van der Waals surface area (Å²) in [6, 6.07) is 12.7. The van der Waals surface area contributed by atoms with Crippen molar-refractivity contribution in [3.05, 3.63) is 59.1 Å². The Balaban J connectivity index is 2.24. The largest absolute Gasteiger partial charge is 0.507 e. The van der Waals surface area contributed by atoms with Gasteiger partial charge >= 0.3 is 7.12 Å². The van der Waals surface area contributed by atoms with Gasteiger partial charge in [0.2, 0.25) is 0 Å². The van der Waals surface area contributed by atoms with Crippen molar-refractivity contribution in [3.63, 3.8) is 0 Å². The van der Waals surface area contributed by atoms with E-state index in [2.05, 4.69) is 0 Å². The minimum absolute atomic E-state index is 0.0752. The van der Waals surface area contributed by atoms with Crippen molar-refractivity contribution in [3.8, 4) is 0 Å². The predicted octanol–water partition coefficient (Wildman–Crippen LogP) is 2.33. The summed E-state index contributed by atoms with van der Waals surface area (Å²) in [5.41, 5.74) is 1.22. The van der Waals surface area contributed by atoms with Crippen LogP contribution >= 0.6 is 11.6 Å². The van der Waals surface area contributed by atoms with Gasteiger partial charge in [-0.25, -0.2) is 12.4 Å². The van der Waals surface area contributed by atoms with Gasteiger partial charge in [0.05, 0.1) is 16.0 Å². The van der Waals surface area contributed by atoms with Gasteiger partial charge in [-0.15, -0.1) is 0 Å². The molecule has 5 nitrogen and oxygen atoms in total. The first kappa shape index (κ1) is 18.0. The molecule has 0 bridgehead atoms. The molecule has 25 heavy (non-hydrogen) atoms. The lowest BCUT2D eigenvalue weighted by atomic mass is 9.86. The van der Waals surface area contributed by atoms with Crippen LogP contribution in [-0.4, -0.2) is 29.6 Å². The van der Waals surface area contributed by atoms with Crippen LogP contribution < -0.4 is 5.59 Å². The van der Waals surface area contributed by atoms with Crippen LogP contribution in [0.2, 0.25) is 5.02 Å². The van der Waals surface area contributed by atoms with Gasteiger partial charge in [-0.3, -0.25) is 0 Å². The van der Waals surface area contributed by atoms with E-state index < -0.39 is 17.1 Å². The van der Waals surface area contributed by atoms with Gasteiger partial charge in [-0.2, -0.15) is 0 Å². The van der Waals surface area contributed by atoms with E-state index >= 15 is 0 Å². The van der Waals surface area contributed by atoms with Gasteiger partial charge in [0.1, 0.15) is 0 Å². The lowest BCUT2D eigenvalue weighted by molar-refractivity contribution is 0.423. The quantitative estimate of drug-likeness (QED) is 0.684. The first-order chi connectivity index (χ1) is 11.7. The zero-order valence-corrected chi connectivity index (χ0v) is 15.3. The summed E-state index contributed by atoms with van der Waals surface area (Å²) in [4.78, 5) is 0.0752. The van der Waals surface area contributed by atoms with Crippen molar-refractivity contribution in [2.24, 2.45) is 0 Å². The molecule has 0 aliphatic carbocycles. The molecular weight excluding hydrogens is 361 g/mol. The summed E-state index contributed by atoms with van der Waals surface area (Å²) < 4.78 is 27.2. The highest BCUT2D eigenvalue weighted by Gasteiger charge is 2.28. The molecule has 2 aromatic carbocycles. The summed E-state index contributed by atoms with van der Waals surface area (Å²) in [5.74, 6) is 0.279. The maximum absolute atomic E-state index is 13.1. The van der Waals surface area contributed by atoms with E-state index in [1.54, 1.807) is 30.3 Å². The zero-order chi connectivity index (χ0) is 18.4. The average molecular weight is 378 g/mol. The Bertz CT molecular complexity index is 1030. The Morgan fingerprint density at radius 3 is 2.24 bits per heavy atom. The Hall–Kier alpha value is -1.80. The fourth-order valence-corrected chi connectivity index (χ4v) is 4.48. The van der Waals surface area contributed by atoms with Crippen molar-refractivity contribution in [2.45, 2.75) is 24.7 Å². The molecular formula is C17H17BClNO4S. The number of benzene rings is 2. The van der Waals surface area contributed by atoms with Crippen LogP contribution in [0.3, 0.4) is 0 Å². The molecule has 0 saturated heterocycles. The molecule has 1 heterocycles. The number of aromatic nitrogens is 1. The van der Waals surface area contributed by atoms with E-state index in [1.807, 2.05) is 13.8 Å². The van der Waals surface area contributed by atoms with Gasteiger partial charge in [0.25, 0.3) is 10.0 Å². The molecule has 0 saturated carbocycles. The predicted molar refractivity (Wildman–Crippen MR) is 99.9 cm³/mol. The van der Waals surface area contributed by atoms with E-state index in [0.717, 1.165) is 9.54 Å². The molecule has 130 valence electrons. The van der Waals surface area contributed by atoms with Gasteiger partial charge in [-0.05, 0) is 47.9 Å². The number of rotatable bonds is 4. The first-order valence-electron chi connectivity index (χ1n) is 7.74. The van der Waals surface area contributed by atoms with E-state index in [9.17, 15) is 18.5 Å². The molecule has 3 rings (SSSR count). The summed E-state index contributed by atoms with van der Waals surface area (Å²) in [6.45, 7) is 4.04. The van der Waals surface area contributed by atoms with Gasteiger partial charge in [0, 0.05) is 10.4 Å². The normalized spacial score (nSPS) is 12.1. The third-order valence-corrected chi connectivity index (χ3v) is 6.09. The lowest BCUT2D eigenvalue weighted by Gasteiger charge is -2.13. The number of hydrogen-bond donors (Lipinski definition) is 2. The number of nitrogens with zero attached hydrogens (tertiary/aromatic N) is 1. The Kier molecular flexibility index (Phi) is 4.68. The maximum Gasteiger partial charge on any atom is 0.507 e. The molecule has 1 aromatic heterocycles.